The molecule has 1 amide bonds. The summed E-state index contributed by atoms with van der Waals surface area (Å²) in [5.41, 5.74) is 4.90. The van der Waals surface area contributed by atoms with E-state index in [4.69, 9.17) is 23.2 Å². The Morgan fingerprint density at radius 1 is 1.03 bits per heavy atom. The molecule has 1 aromatic heterocycles. The fourth-order valence-corrected chi connectivity index (χ4v) is 7.37. The molecule has 3 heterocycles. The lowest BCUT2D eigenvalue weighted by Gasteiger charge is -2.40. The van der Waals surface area contributed by atoms with E-state index >= 15 is 0 Å². The summed E-state index contributed by atoms with van der Waals surface area (Å²) in [6, 6.07) is 16.4. The average Bonchev–Trinajstić information content (AvgIpc) is 3.62. The third-order valence-electron chi connectivity index (χ3n) is 8.20. The number of nitrogens with zero attached hydrogens (tertiary/aromatic N) is 2. The maximum atomic E-state index is 13.4. The number of thiophene rings is 1. The Bertz CT molecular complexity index is 1260. The molecule has 180 valence electrons. The average molecular weight is 524 g/mol. The van der Waals surface area contributed by atoms with E-state index in [-0.39, 0.29) is 11.3 Å². The van der Waals surface area contributed by atoms with Crippen LogP contribution in [-0.2, 0) is 5.41 Å². The van der Waals surface area contributed by atoms with Crippen LogP contribution in [0.3, 0.4) is 0 Å². The molecule has 0 N–H and O–H groups in total. The Balaban J connectivity index is 1.17. The van der Waals surface area contributed by atoms with Crippen LogP contribution in [-0.4, -0.2) is 48.4 Å². The third kappa shape index (κ3) is 4.25. The lowest BCUT2D eigenvalue weighted by molar-refractivity contribution is 0.0780. The summed E-state index contributed by atoms with van der Waals surface area (Å²) in [7, 11) is 0. The zero-order valence-corrected chi connectivity index (χ0v) is 21.8. The number of carbonyl (C=O) groups is 1. The molecule has 2 atom stereocenters. The molecule has 2 aromatic carbocycles. The smallest absolute Gasteiger partial charge is 0.255 e. The Morgan fingerprint density at radius 2 is 1.86 bits per heavy atom. The largest absolute Gasteiger partial charge is 0.338 e. The van der Waals surface area contributed by atoms with E-state index in [1.165, 1.54) is 16.7 Å². The van der Waals surface area contributed by atoms with Gasteiger partial charge in [0.05, 0.1) is 15.6 Å². The number of benzene rings is 2. The van der Waals surface area contributed by atoms with E-state index in [1.807, 2.05) is 4.90 Å². The standard InChI is InChI=1S/C29H28Cl2N2OS/c30-26-7-3-5-23(27(26)31)28(34)33-17-22(24(18-33)21-9-15-35-19-21)16-32-13-11-29(12-14-32)10-8-20-4-1-2-6-25(20)29/h1-10,15,19,22,24H,11-14,16-18H2. The fraction of sp³-hybridized carbons (Fsp3) is 0.345. The van der Waals surface area contributed by atoms with Crippen LogP contribution in [0.2, 0.25) is 10.0 Å². The number of allylic oxidation sites excluding steroid dienone is 1. The van der Waals surface area contributed by atoms with E-state index in [0.29, 0.717) is 27.4 Å². The highest BCUT2D eigenvalue weighted by atomic mass is 35.5. The molecule has 2 aliphatic heterocycles. The first-order valence-corrected chi connectivity index (χ1v) is 14.0. The molecule has 6 rings (SSSR count). The second kappa shape index (κ2) is 9.40. The molecule has 1 aliphatic carbocycles. The SMILES string of the molecule is O=C(c1cccc(Cl)c1Cl)N1CC(CN2CCC3(C=Cc4ccccc43)CC2)C(c2ccsc2)C1. The highest BCUT2D eigenvalue weighted by Gasteiger charge is 2.41. The number of hydrogen-bond donors (Lipinski definition) is 0. The summed E-state index contributed by atoms with van der Waals surface area (Å²) in [5.74, 6) is 0.712. The van der Waals surface area contributed by atoms with Gasteiger partial charge in [0, 0.05) is 31.0 Å². The van der Waals surface area contributed by atoms with E-state index in [0.717, 1.165) is 45.6 Å². The van der Waals surface area contributed by atoms with Gasteiger partial charge in [0.15, 0.2) is 0 Å². The van der Waals surface area contributed by atoms with Crippen molar-refractivity contribution in [3.63, 3.8) is 0 Å². The summed E-state index contributed by atoms with van der Waals surface area (Å²) < 4.78 is 0. The summed E-state index contributed by atoms with van der Waals surface area (Å²) in [4.78, 5) is 18.0. The van der Waals surface area contributed by atoms with E-state index in [1.54, 1.807) is 29.5 Å². The van der Waals surface area contributed by atoms with Crippen LogP contribution < -0.4 is 0 Å². The van der Waals surface area contributed by atoms with Crippen molar-refractivity contribution in [3.05, 3.63) is 97.7 Å². The summed E-state index contributed by atoms with van der Waals surface area (Å²) >= 11 is 14.3. The maximum Gasteiger partial charge on any atom is 0.255 e. The number of carbonyl (C=O) groups excluding carboxylic acids is 1. The van der Waals surface area contributed by atoms with Crippen molar-refractivity contribution in [1.82, 2.24) is 9.80 Å². The van der Waals surface area contributed by atoms with Crippen molar-refractivity contribution in [2.45, 2.75) is 24.2 Å². The van der Waals surface area contributed by atoms with Crippen LogP contribution in [0.15, 0.2) is 65.4 Å². The van der Waals surface area contributed by atoms with Gasteiger partial charge >= 0.3 is 0 Å². The van der Waals surface area contributed by atoms with Crippen LogP contribution >= 0.6 is 34.5 Å². The van der Waals surface area contributed by atoms with Gasteiger partial charge in [-0.2, -0.15) is 11.3 Å². The van der Waals surface area contributed by atoms with Crippen LogP contribution in [0.5, 0.6) is 0 Å². The van der Waals surface area contributed by atoms with Crippen LogP contribution in [0.4, 0.5) is 0 Å². The molecule has 3 aromatic rings. The second-order valence-corrected chi connectivity index (χ2v) is 11.7. The van der Waals surface area contributed by atoms with Gasteiger partial charge < -0.3 is 9.80 Å². The number of rotatable bonds is 4. The first kappa shape index (κ1) is 23.3. The van der Waals surface area contributed by atoms with Crippen LogP contribution in [0.1, 0.15) is 45.8 Å². The molecule has 0 bridgehead atoms. The minimum atomic E-state index is -0.0227. The molecular weight excluding hydrogens is 495 g/mol. The zero-order valence-electron chi connectivity index (χ0n) is 19.5. The highest BCUT2D eigenvalue weighted by Crippen LogP contribution is 2.44. The monoisotopic (exact) mass is 522 g/mol. The van der Waals surface area contributed by atoms with Gasteiger partial charge in [-0.3, -0.25) is 4.79 Å². The van der Waals surface area contributed by atoms with Crippen molar-refractivity contribution in [2.75, 3.05) is 32.7 Å². The van der Waals surface area contributed by atoms with E-state index in [2.05, 4.69) is 58.1 Å². The Hall–Kier alpha value is -2.11. The fourth-order valence-electron chi connectivity index (χ4n) is 6.26. The first-order valence-electron chi connectivity index (χ1n) is 12.3. The number of fused-ring (bicyclic) bond motifs is 2. The van der Waals surface area contributed by atoms with Gasteiger partial charge in [-0.15, -0.1) is 0 Å². The number of halogens is 2. The number of likely N-dealkylation sites (tertiary alicyclic amines) is 2. The molecular formula is C29H28Cl2N2OS. The molecule has 0 radical (unpaired) electrons. The van der Waals surface area contributed by atoms with Gasteiger partial charge in [0.25, 0.3) is 5.91 Å². The van der Waals surface area contributed by atoms with Gasteiger partial charge in [-0.1, -0.05) is 65.7 Å². The van der Waals surface area contributed by atoms with Crippen LogP contribution in [0.25, 0.3) is 6.08 Å². The van der Waals surface area contributed by atoms with Crippen molar-refractivity contribution in [3.8, 4) is 0 Å². The maximum absolute atomic E-state index is 13.4. The molecule has 3 aliphatic rings. The highest BCUT2D eigenvalue weighted by molar-refractivity contribution is 7.08. The number of amides is 1. The summed E-state index contributed by atoms with van der Waals surface area (Å²) in [5, 5.41) is 5.15. The van der Waals surface area contributed by atoms with Gasteiger partial charge in [-0.25, -0.2) is 0 Å². The van der Waals surface area contributed by atoms with Gasteiger partial charge in [0.1, 0.15) is 0 Å². The molecule has 2 unspecified atom stereocenters. The summed E-state index contributed by atoms with van der Waals surface area (Å²) in [6.07, 6.45) is 7.04. The normalized spacial score (nSPS) is 23.2. The Kier molecular flexibility index (Phi) is 6.26. The Morgan fingerprint density at radius 3 is 2.66 bits per heavy atom. The van der Waals surface area contributed by atoms with Crippen molar-refractivity contribution >= 4 is 46.5 Å². The molecule has 3 nitrogen and oxygen atoms in total. The minimum Gasteiger partial charge on any atom is -0.338 e. The molecule has 2 saturated heterocycles. The lowest BCUT2D eigenvalue weighted by atomic mass is 9.74. The van der Waals surface area contributed by atoms with Crippen LogP contribution in [0, 0.1) is 5.92 Å². The van der Waals surface area contributed by atoms with Crippen molar-refractivity contribution in [1.29, 1.82) is 0 Å². The van der Waals surface area contributed by atoms with Crippen molar-refractivity contribution in [2.24, 2.45) is 5.92 Å². The van der Waals surface area contributed by atoms with Gasteiger partial charge in [0.2, 0.25) is 0 Å². The predicted octanol–water partition coefficient (Wildman–Crippen LogP) is 6.97. The Labute approximate surface area is 221 Å². The number of piperidine rings is 1. The molecule has 2 fully saturated rings. The predicted molar refractivity (Wildman–Crippen MR) is 146 cm³/mol. The molecule has 35 heavy (non-hydrogen) atoms. The lowest BCUT2D eigenvalue weighted by Crippen LogP contribution is -2.43. The quantitative estimate of drug-likeness (QED) is 0.369. The third-order valence-corrected chi connectivity index (χ3v) is 9.72. The van der Waals surface area contributed by atoms with E-state index < -0.39 is 0 Å². The first-order chi connectivity index (χ1) is 17.0. The topological polar surface area (TPSA) is 23.6 Å². The van der Waals surface area contributed by atoms with Gasteiger partial charge in [-0.05, 0) is 77.5 Å². The molecule has 0 saturated carbocycles. The van der Waals surface area contributed by atoms with E-state index in [9.17, 15) is 4.79 Å². The van der Waals surface area contributed by atoms with Crippen molar-refractivity contribution < 1.29 is 4.79 Å². The second-order valence-electron chi connectivity index (χ2n) is 10.1. The molecule has 1 spiro atoms. The summed E-state index contributed by atoms with van der Waals surface area (Å²) in [6.45, 7) is 4.64. The minimum absolute atomic E-state index is 0.0227. The molecule has 6 heteroatoms. The zero-order chi connectivity index (χ0) is 24.0. The number of hydrogen-bond acceptors (Lipinski definition) is 3.